The van der Waals surface area contributed by atoms with Crippen LogP contribution in [0.15, 0.2) is 5.16 Å². The van der Waals surface area contributed by atoms with Crippen molar-refractivity contribution in [2.45, 2.75) is 26.7 Å². The number of sulfone groups is 1. The lowest BCUT2D eigenvalue weighted by Gasteiger charge is -2.32. The molecule has 0 bridgehead atoms. The molecule has 6 heteroatoms. The minimum Gasteiger partial charge on any atom is -0.411 e. The molecule has 0 amide bonds. The molecule has 1 N–H and O–H groups in total. The van der Waals surface area contributed by atoms with Crippen LogP contribution in [0.2, 0.25) is 0 Å². The van der Waals surface area contributed by atoms with E-state index in [2.05, 4.69) is 17.0 Å². The number of nitrogens with zero attached hydrogens (tertiary/aromatic N) is 2. The molecular weight excluding hydrogens is 240 g/mol. The van der Waals surface area contributed by atoms with Crippen molar-refractivity contribution in [3.8, 4) is 0 Å². The Morgan fingerprint density at radius 1 is 1.47 bits per heavy atom. The van der Waals surface area contributed by atoms with Gasteiger partial charge in [0.1, 0.15) is 0 Å². The van der Waals surface area contributed by atoms with E-state index in [0.29, 0.717) is 6.54 Å². The zero-order valence-electron chi connectivity index (χ0n) is 10.6. The first-order valence-electron chi connectivity index (χ1n) is 6.16. The van der Waals surface area contributed by atoms with E-state index in [1.54, 1.807) is 6.92 Å². The number of hydrogen-bond donors (Lipinski definition) is 1. The quantitative estimate of drug-likeness (QED) is 0.592. The minimum atomic E-state index is -2.88. The van der Waals surface area contributed by atoms with Crippen LogP contribution in [-0.4, -0.2) is 55.4 Å². The van der Waals surface area contributed by atoms with Crippen LogP contribution in [0.5, 0.6) is 0 Å². The average Bonchev–Trinajstić information content (AvgIpc) is 2.36. The molecule has 1 fully saturated rings. The third-order valence-electron chi connectivity index (χ3n) is 3.41. The lowest BCUT2D eigenvalue weighted by Crippen LogP contribution is -2.42. The third-order valence-corrected chi connectivity index (χ3v) is 5.10. The molecule has 0 radical (unpaired) electrons. The molecule has 17 heavy (non-hydrogen) atoms. The number of hydrogen-bond acceptors (Lipinski definition) is 5. The smallest absolute Gasteiger partial charge is 0.151 e. The van der Waals surface area contributed by atoms with Gasteiger partial charge in [0.2, 0.25) is 0 Å². The second kappa shape index (κ2) is 6.35. The lowest BCUT2D eigenvalue weighted by molar-refractivity contribution is 0.238. The fraction of sp³-hybridized carbons (Fsp3) is 0.909. The van der Waals surface area contributed by atoms with Crippen LogP contribution in [-0.2, 0) is 9.84 Å². The van der Waals surface area contributed by atoms with Crippen LogP contribution >= 0.6 is 0 Å². The highest BCUT2D eigenvalue weighted by Gasteiger charge is 2.25. The van der Waals surface area contributed by atoms with Crippen molar-refractivity contribution in [2.24, 2.45) is 11.1 Å². The van der Waals surface area contributed by atoms with Crippen LogP contribution in [0, 0.1) is 5.92 Å². The summed E-state index contributed by atoms with van der Waals surface area (Å²) in [6, 6.07) is 0. The van der Waals surface area contributed by atoms with Gasteiger partial charge in [-0.15, -0.1) is 0 Å². The van der Waals surface area contributed by atoms with Crippen LogP contribution in [0.3, 0.4) is 0 Å². The molecule has 1 aliphatic rings. The predicted molar refractivity (Wildman–Crippen MR) is 68.4 cm³/mol. The molecule has 1 atom stereocenters. The van der Waals surface area contributed by atoms with Gasteiger partial charge < -0.3 is 10.1 Å². The summed E-state index contributed by atoms with van der Waals surface area (Å²) in [6.45, 7) is 5.91. The molecule has 1 heterocycles. The molecule has 0 aromatic rings. The Bertz CT molecular complexity index is 365. The average molecular weight is 262 g/mol. The van der Waals surface area contributed by atoms with Crippen LogP contribution in [0.25, 0.3) is 0 Å². The molecule has 0 spiro atoms. The number of likely N-dealkylation sites (tertiary alicyclic amines) is 1. The van der Waals surface area contributed by atoms with E-state index in [1.807, 2.05) is 0 Å². The monoisotopic (exact) mass is 262 g/mol. The summed E-state index contributed by atoms with van der Waals surface area (Å²) in [5.74, 6) is 0.700. The highest BCUT2D eigenvalue weighted by atomic mass is 32.2. The van der Waals surface area contributed by atoms with Crippen molar-refractivity contribution in [3.05, 3.63) is 0 Å². The van der Waals surface area contributed by atoms with E-state index in [-0.39, 0.29) is 17.4 Å². The summed E-state index contributed by atoms with van der Waals surface area (Å²) in [4.78, 5) is 2.15. The van der Waals surface area contributed by atoms with Gasteiger partial charge in [0, 0.05) is 37.7 Å². The summed E-state index contributed by atoms with van der Waals surface area (Å²) < 4.78 is 22.8. The van der Waals surface area contributed by atoms with E-state index in [0.717, 1.165) is 31.6 Å². The molecule has 100 valence electrons. The van der Waals surface area contributed by atoms with Gasteiger partial charge in [-0.2, -0.15) is 0 Å². The Morgan fingerprint density at radius 3 is 2.71 bits per heavy atom. The van der Waals surface area contributed by atoms with E-state index >= 15 is 0 Å². The molecule has 0 saturated carbocycles. The van der Waals surface area contributed by atoms with Gasteiger partial charge in [0.15, 0.2) is 9.84 Å². The molecule has 1 saturated heterocycles. The predicted octanol–water partition coefficient (Wildman–Crippen LogP) is 0.983. The first-order chi connectivity index (χ1) is 8.02. The first-order valence-corrected chi connectivity index (χ1v) is 7.98. The standard InChI is InChI=1S/C11H22N2O3S/c1-3-10-9-13(6-5-11(10)12-14)7-8-17(15,16)4-2/h10,14H,3-9H2,1-2H3. The van der Waals surface area contributed by atoms with Crippen LogP contribution in [0.1, 0.15) is 26.7 Å². The van der Waals surface area contributed by atoms with Gasteiger partial charge >= 0.3 is 0 Å². The molecule has 0 aromatic carbocycles. The highest BCUT2D eigenvalue weighted by molar-refractivity contribution is 7.91. The Kier molecular flexibility index (Phi) is 5.39. The largest absolute Gasteiger partial charge is 0.411 e. The van der Waals surface area contributed by atoms with Gasteiger partial charge in [0.25, 0.3) is 0 Å². The molecule has 1 aliphatic heterocycles. The van der Waals surface area contributed by atoms with Crippen molar-refractivity contribution in [2.75, 3.05) is 31.1 Å². The van der Waals surface area contributed by atoms with Gasteiger partial charge in [-0.25, -0.2) is 8.42 Å². The normalized spacial score (nSPS) is 25.3. The van der Waals surface area contributed by atoms with Gasteiger partial charge in [-0.1, -0.05) is 19.0 Å². The molecule has 5 nitrogen and oxygen atoms in total. The SMILES string of the molecule is CCC1CN(CCS(=O)(=O)CC)CCC1=NO. The maximum atomic E-state index is 11.4. The first kappa shape index (κ1) is 14.4. The fourth-order valence-corrected chi connectivity index (χ4v) is 2.92. The highest BCUT2D eigenvalue weighted by Crippen LogP contribution is 2.17. The van der Waals surface area contributed by atoms with E-state index in [4.69, 9.17) is 5.21 Å². The summed E-state index contributed by atoms with van der Waals surface area (Å²) >= 11 is 0. The van der Waals surface area contributed by atoms with Crippen molar-refractivity contribution >= 4 is 15.5 Å². The minimum absolute atomic E-state index is 0.210. The summed E-state index contributed by atoms with van der Waals surface area (Å²) in [5.41, 5.74) is 0.849. The molecule has 1 unspecified atom stereocenters. The second-order valence-corrected chi connectivity index (χ2v) is 6.96. The Hall–Kier alpha value is -0.620. The van der Waals surface area contributed by atoms with Gasteiger partial charge in [-0.05, 0) is 6.42 Å². The summed E-state index contributed by atoms with van der Waals surface area (Å²) in [6.07, 6.45) is 1.66. The van der Waals surface area contributed by atoms with Crippen molar-refractivity contribution < 1.29 is 13.6 Å². The molecule has 1 rings (SSSR count). The third kappa shape index (κ3) is 4.27. The van der Waals surface area contributed by atoms with Gasteiger partial charge in [-0.3, -0.25) is 0 Å². The maximum Gasteiger partial charge on any atom is 0.151 e. The van der Waals surface area contributed by atoms with Crippen molar-refractivity contribution in [1.82, 2.24) is 4.90 Å². The molecule has 0 aliphatic carbocycles. The maximum absolute atomic E-state index is 11.4. The Labute approximate surface area is 103 Å². The second-order valence-electron chi connectivity index (χ2n) is 4.48. The topological polar surface area (TPSA) is 70.0 Å². The molecule has 0 aromatic heterocycles. The van der Waals surface area contributed by atoms with Gasteiger partial charge in [0.05, 0.1) is 11.5 Å². The van der Waals surface area contributed by atoms with Crippen LogP contribution in [0.4, 0.5) is 0 Å². The van der Waals surface area contributed by atoms with E-state index in [9.17, 15) is 8.42 Å². The van der Waals surface area contributed by atoms with Crippen LogP contribution < -0.4 is 0 Å². The zero-order valence-corrected chi connectivity index (χ0v) is 11.4. The Morgan fingerprint density at radius 2 is 2.18 bits per heavy atom. The number of rotatable bonds is 5. The summed E-state index contributed by atoms with van der Waals surface area (Å²) in [7, 11) is -2.88. The fourth-order valence-electron chi connectivity index (χ4n) is 2.10. The Balaban J connectivity index is 2.48. The summed E-state index contributed by atoms with van der Waals surface area (Å²) in [5, 5.41) is 12.2. The van der Waals surface area contributed by atoms with E-state index in [1.165, 1.54) is 0 Å². The van der Waals surface area contributed by atoms with E-state index < -0.39 is 9.84 Å². The molecular formula is C11H22N2O3S. The lowest BCUT2D eigenvalue weighted by atomic mass is 9.93. The van der Waals surface area contributed by atoms with Crippen molar-refractivity contribution in [3.63, 3.8) is 0 Å². The number of oxime groups is 1. The zero-order chi connectivity index (χ0) is 12.9. The number of piperidine rings is 1. The van der Waals surface area contributed by atoms with Crippen molar-refractivity contribution in [1.29, 1.82) is 0 Å².